The third-order valence-corrected chi connectivity index (χ3v) is 0.471. The molecule has 0 aliphatic carbocycles. The minimum atomic E-state index is -1.64. The second kappa shape index (κ2) is 1.36. The van der Waals surface area contributed by atoms with Crippen molar-refractivity contribution in [3.63, 3.8) is 0 Å². The summed E-state index contributed by atoms with van der Waals surface area (Å²) in [6.45, 7) is 0. The van der Waals surface area contributed by atoms with Gasteiger partial charge in [0.15, 0.2) is 0 Å². The number of nitrogens with zero attached hydrogens (tertiary/aromatic N) is 1. The number of aliphatic hydroxyl groups is 2. The van der Waals surface area contributed by atoms with Gasteiger partial charge in [0, 0.05) is 5.16 Å². The van der Waals surface area contributed by atoms with Gasteiger partial charge in [0.25, 0.3) is 0 Å². The van der Waals surface area contributed by atoms with Crippen LogP contribution in [0.5, 0.6) is 0 Å². The summed E-state index contributed by atoms with van der Waals surface area (Å²) in [6.07, 6.45) is -1.64. The number of rotatable bonds is 1. The molecule has 0 atom stereocenters. The van der Waals surface area contributed by atoms with E-state index in [9.17, 15) is 0 Å². The highest BCUT2D eigenvalue weighted by atomic mass is 17.0. The normalized spacial score (nSPS) is 10.7. The van der Waals surface area contributed by atoms with Gasteiger partial charge in [-0.3, -0.25) is 0 Å². The van der Waals surface area contributed by atoms with Crippen molar-refractivity contribution in [2.75, 3.05) is 0 Å². The third-order valence-electron chi connectivity index (χ3n) is 0.471. The molecular weight excluding hydrogens is 102 g/mol. The van der Waals surface area contributed by atoms with Crippen LogP contribution >= 0.6 is 0 Å². The fourth-order valence-electron chi connectivity index (χ4n) is 0.170. The van der Waals surface area contributed by atoms with E-state index in [-0.39, 0.29) is 5.89 Å². The van der Waals surface area contributed by atoms with E-state index < -0.39 is 6.29 Å². The van der Waals surface area contributed by atoms with Gasteiger partial charge in [0.05, 0.1) is 0 Å². The zero-order valence-corrected chi connectivity index (χ0v) is 3.24. The largest absolute Gasteiger partial charge is 0.360 e. The first-order chi connectivity index (χ1) is 3.30. The Bertz CT molecular complexity index is 122. The van der Waals surface area contributed by atoms with Gasteiger partial charge < -0.3 is 10.2 Å². The molecule has 5 heteroatoms. The van der Waals surface area contributed by atoms with Crippen LogP contribution in [0.3, 0.4) is 0 Å². The molecule has 0 fully saturated rings. The van der Waals surface area contributed by atoms with Gasteiger partial charge >= 0.3 is 5.89 Å². The van der Waals surface area contributed by atoms with Crippen LogP contribution in [0.1, 0.15) is 12.2 Å². The summed E-state index contributed by atoms with van der Waals surface area (Å²) in [5, 5.41) is 19.1. The van der Waals surface area contributed by atoms with Crippen molar-refractivity contribution in [3.8, 4) is 0 Å². The fraction of sp³-hybridized carbons (Fsp3) is 0.500. The van der Waals surface area contributed by atoms with Crippen molar-refractivity contribution in [3.05, 3.63) is 5.89 Å². The second-order valence-corrected chi connectivity index (χ2v) is 0.961. The van der Waals surface area contributed by atoms with Crippen molar-refractivity contribution in [2.24, 2.45) is 0 Å². The number of hydrogen-bond donors (Lipinski definition) is 2. The van der Waals surface area contributed by atoms with Crippen LogP contribution in [-0.4, -0.2) is 15.4 Å². The van der Waals surface area contributed by atoms with Gasteiger partial charge in [-0.1, -0.05) is 0 Å². The molecule has 0 radical (unpaired) electrons. The SMILES string of the molecule is OC(O)c1noo1. The lowest BCUT2D eigenvalue weighted by molar-refractivity contribution is -0.170. The molecule has 1 heterocycles. The summed E-state index contributed by atoms with van der Waals surface area (Å²) in [4.78, 5) is 0. The summed E-state index contributed by atoms with van der Waals surface area (Å²) in [5.74, 6) is -0.208. The highest BCUT2D eigenvalue weighted by Crippen LogP contribution is 2.04. The maximum atomic E-state index is 8.09. The molecule has 0 aliphatic heterocycles. The molecule has 5 nitrogen and oxygen atoms in total. The minimum absolute atomic E-state index is 0.208. The van der Waals surface area contributed by atoms with E-state index in [4.69, 9.17) is 10.2 Å². The van der Waals surface area contributed by atoms with E-state index in [0.29, 0.717) is 0 Å². The molecule has 40 valence electrons. The lowest BCUT2D eigenvalue weighted by atomic mass is 10.7. The number of aliphatic hydroxyl groups excluding tert-OH is 1. The van der Waals surface area contributed by atoms with Crippen LogP contribution in [0.15, 0.2) is 9.26 Å². The summed E-state index contributed by atoms with van der Waals surface area (Å²) < 4.78 is 7.71. The van der Waals surface area contributed by atoms with Crippen LogP contribution in [0.2, 0.25) is 0 Å². The smallest absolute Gasteiger partial charge is 0.344 e. The Kier molecular flexibility index (Phi) is 0.844. The van der Waals surface area contributed by atoms with E-state index in [2.05, 4.69) is 14.4 Å². The zero-order chi connectivity index (χ0) is 5.28. The lowest BCUT2D eigenvalue weighted by Gasteiger charge is -1.95. The van der Waals surface area contributed by atoms with Crippen molar-refractivity contribution < 1.29 is 19.5 Å². The Morgan fingerprint density at radius 3 is 2.14 bits per heavy atom. The summed E-state index contributed by atoms with van der Waals surface area (Å²) in [6, 6.07) is 0. The first-order valence-corrected chi connectivity index (χ1v) is 1.58. The molecule has 1 rings (SSSR count). The van der Waals surface area contributed by atoms with Crippen molar-refractivity contribution in [2.45, 2.75) is 6.29 Å². The molecule has 0 bridgehead atoms. The topological polar surface area (TPSA) is 79.6 Å². The van der Waals surface area contributed by atoms with E-state index >= 15 is 0 Å². The predicted octanol–water partition coefficient (Wildman–Crippen LogP) is -0.749. The Morgan fingerprint density at radius 2 is 2.14 bits per heavy atom. The molecule has 0 spiro atoms. The highest BCUT2D eigenvalue weighted by molar-refractivity contribution is 4.67. The Morgan fingerprint density at radius 1 is 1.57 bits per heavy atom. The minimum Gasteiger partial charge on any atom is -0.360 e. The summed E-state index contributed by atoms with van der Waals surface area (Å²) >= 11 is 0. The predicted molar refractivity (Wildman–Crippen MR) is 15.9 cm³/mol. The number of aromatic nitrogens is 1. The molecule has 0 saturated carbocycles. The van der Waals surface area contributed by atoms with Gasteiger partial charge in [-0.05, 0) is 0 Å². The monoisotopic (exact) mass is 105 g/mol. The van der Waals surface area contributed by atoms with Crippen LogP contribution in [0.4, 0.5) is 0 Å². The first-order valence-electron chi connectivity index (χ1n) is 1.58. The highest BCUT2D eigenvalue weighted by Gasteiger charge is 2.11. The maximum absolute atomic E-state index is 8.09. The van der Waals surface area contributed by atoms with Gasteiger partial charge in [-0.15, -0.1) is 0 Å². The van der Waals surface area contributed by atoms with Crippen LogP contribution in [0.25, 0.3) is 0 Å². The Balaban J connectivity index is 2.54. The molecular formula is C2H3NO4. The molecule has 0 aliphatic rings. The average molecular weight is 105 g/mol. The second-order valence-electron chi connectivity index (χ2n) is 0.961. The van der Waals surface area contributed by atoms with Crippen molar-refractivity contribution >= 4 is 0 Å². The molecule has 0 saturated heterocycles. The number of hydrogen-bond acceptors (Lipinski definition) is 5. The molecule has 1 aromatic rings. The van der Waals surface area contributed by atoms with Crippen LogP contribution < -0.4 is 0 Å². The Labute approximate surface area is 38.1 Å². The van der Waals surface area contributed by atoms with E-state index in [1.165, 1.54) is 0 Å². The molecule has 0 unspecified atom stereocenters. The van der Waals surface area contributed by atoms with Crippen molar-refractivity contribution in [1.82, 2.24) is 5.16 Å². The quantitative estimate of drug-likeness (QED) is 0.363. The maximum Gasteiger partial charge on any atom is 0.344 e. The van der Waals surface area contributed by atoms with Gasteiger partial charge in [0.2, 0.25) is 6.29 Å². The fourth-order valence-corrected chi connectivity index (χ4v) is 0.170. The van der Waals surface area contributed by atoms with Crippen molar-refractivity contribution in [1.29, 1.82) is 0 Å². The molecule has 0 amide bonds. The lowest BCUT2D eigenvalue weighted by Crippen LogP contribution is -1.99. The standard InChI is InChI=1S/C2H3NO4/c4-2(5)1-3-7-6-1/h2,4-5H. The van der Waals surface area contributed by atoms with Gasteiger partial charge in [-0.25, -0.2) is 4.58 Å². The average Bonchev–Trinajstić information content (AvgIpc) is 1.23. The van der Waals surface area contributed by atoms with E-state index in [0.717, 1.165) is 0 Å². The molecule has 0 aromatic carbocycles. The zero-order valence-electron chi connectivity index (χ0n) is 3.24. The van der Waals surface area contributed by atoms with Gasteiger partial charge in [0.1, 0.15) is 0 Å². The van der Waals surface area contributed by atoms with E-state index in [1.807, 2.05) is 0 Å². The molecule has 7 heavy (non-hydrogen) atoms. The van der Waals surface area contributed by atoms with E-state index in [1.54, 1.807) is 0 Å². The Hall–Kier alpha value is -0.810. The van der Waals surface area contributed by atoms with Crippen LogP contribution in [0, 0.1) is 0 Å². The van der Waals surface area contributed by atoms with Crippen LogP contribution in [-0.2, 0) is 0 Å². The molecule has 2 N–H and O–H groups in total. The molecule has 1 aromatic heterocycles. The third kappa shape index (κ3) is 0.625. The first kappa shape index (κ1) is 4.35. The summed E-state index contributed by atoms with van der Waals surface area (Å²) in [5.41, 5.74) is 0. The summed E-state index contributed by atoms with van der Waals surface area (Å²) in [7, 11) is 0. The van der Waals surface area contributed by atoms with Gasteiger partial charge in [-0.2, -0.15) is 4.68 Å².